The second kappa shape index (κ2) is 7.76. The number of aliphatic carboxylic acids is 1. The number of hydrogen-bond acceptors (Lipinski definition) is 6. The maximum Gasteiger partial charge on any atom is 0.326 e. The van der Waals surface area contributed by atoms with Crippen LogP contribution in [0.2, 0.25) is 0 Å². The normalized spacial score (nSPS) is 28.0. The number of carboxylic acid groups (broad SMARTS) is 1. The molecule has 8 nitrogen and oxygen atoms in total. The fourth-order valence-corrected chi connectivity index (χ4v) is 4.49. The Kier molecular flexibility index (Phi) is 5.69. The Morgan fingerprint density at radius 2 is 1.93 bits per heavy atom. The number of fused-ring (bicyclic) bond motifs is 2. The van der Waals surface area contributed by atoms with Crippen molar-refractivity contribution in [3.05, 3.63) is 30.3 Å². The third kappa shape index (κ3) is 4.13. The number of carbonyl (C=O) groups is 3. The van der Waals surface area contributed by atoms with Gasteiger partial charge in [0.15, 0.2) is 0 Å². The van der Waals surface area contributed by atoms with Gasteiger partial charge < -0.3 is 20.3 Å². The molecule has 0 aliphatic carbocycles. The maximum atomic E-state index is 12.8. The van der Waals surface area contributed by atoms with Gasteiger partial charge in [-0.25, -0.2) is 0 Å². The van der Waals surface area contributed by atoms with E-state index < -0.39 is 42.0 Å². The van der Waals surface area contributed by atoms with E-state index in [9.17, 15) is 14.4 Å². The van der Waals surface area contributed by atoms with Crippen molar-refractivity contribution in [3.8, 4) is 0 Å². The van der Waals surface area contributed by atoms with Gasteiger partial charge in [-0.3, -0.25) is 19.3 Å². The molecule has 29 heavy (non-hydrogen) atoms. The van der Waals surface area contributed by atoms with Gasteiger partial charge in [-0.1, -0.05) is 32.0 Å². The van der Waals surface area contributed by atoms with Crippen LogP contribution in [0.15, 0.2) is 30.3 Å². The molecule has 0 aromatic heterocycles. The Hall–Kier alpha value is -2.45. The van der Waals surface area contributed by atoms with E-state index in [1.807, 2.05) is 20.8 Å². The fraction of sp³-hybridized carbons (Fsp3) is 0.571. The van der Waals surface area contributed by atoms with E-state index in [1.165, 1.54) is 4.90 Å². The number of carboxylic acids is 1. The van der Waals surface area contributed by atoms with Gasteiger partial charge in [0.25, 0.3) is 0 Å². The molecule has 2 heterocycles. The van der Waals surface area contributed by atoms with E-state index in [1.54, 1.807) is 30.3 Å². The lowest BCUT2D eigenvalue weighted by Crippen LogP contribution is -2.51. The molecule has 2 fully saturated rings. The topological polar surface area (TPSA) is 119 Å². The summed E-state index contributed by atoms with van der Waals surface area (Å²) >= 11 is 0. The van der Waals surface area contributed by atoms with E-state index in [0.29, 0.717) is 5.69 Å². The van der Waals surface area contributed by atoms with E-state index >= 15 is 0 Å². The minimum Gasteiger partial charge on any atom is -0.481 e. The molecule has 1 aromatic carbocycles. The largest absolute Gasteiger partial charge is 0.481 e. The minimum absolute atomic E-state index is 0.0288. The first-order valence-electron chi connectivity index (χ1n) is 9.75. The van der Waals surface area contributed by atoms with Crippen LogP contribution in [0.3, 0.4) is 0 Å². The zero-order chi connectivity index (χ0) is 21.4. The van der Waals surface area contributed by atoms with E-state index in [0.717, 1.165) is 12.8 Å². The number of anilines is 1. The van der Waals surface area contributed by atoms with Gasteiger partial charge in [-0.05, 0) is 31.9 Å². The smallest absolute Gasteiger partial charge is 0.326 e. The second-order valence-corrected chi connectivity index (χ2v) is 8.61. The summed E-state index contributed by atoms with van der Waals surface area (Å²) in [7, 11) is 0. The van der Waals surface area contributed by atoms with Crippen LogP contribution in [0.25, 0.3) is 0 Å². The molecule has 1 aromatic rings. The van der Waals surface area contributed by atoms with E-state index in [2.05, 4.69) is 0 Å². The summed E-state index contributed by atoms with van der Waals surface area (Å²) in [5.41, 5.74) is 5.35. The molecule has 0 spiro atoms. The molecule has 4 atom stereocenters. The number of ether oxygens (including phenoxy) is 2. The first-order valence-corrected chi connectivity index (χ1v) is 9.75. The fourth-order valence-electron chi connectivity index (χ4n) is 4.49. The zero-order valence-electron chi connectivity index (χ0n) is 17.0. The molecule has 1 amide bonds. The number of amides is 1. The molecule has 3 unspecified atom stereocenters. The predicted octanol–water partition coefficient (Wildman–Crippen LogP) is 1.71. The highest BCUT2D eigenvalue weighted by atomic mass is 16.6. The Labute approximate surface area is 169 Å². The Balaban J connectivity index is 1.76. The zero-order valence-corrected chi connectivity index (χ0v) is 17.0. The number of nitrogens with zero attached hydrogens (tertiary/aromatic N) is 1. The second-order valence-electron chi connectivity index (χ2n) is 8.61. The summed E-state index contributed by atoms with van der Waals surface area (Å²) in [6.45, 7) is 5.62. The molecule has 3 rings (SSSR count). The first-order chi connectivity index (χ1) is 13.5. The highest BCUT2D eigenvalue weighted by Crippen LogP contribution is 2.54. The molecule has 0 radical (unpaired) electrons. The van der Waals surface area contributed by atoms with Gasteiger partial charge in [-0.15, -0.1) is 0 Å². The number of benzene rings is 1. The lowest BCUT2D eigenvalue weighted by Gasteiger charge is -2.38. The predicted molar refractivity (Wildman–Crippen MR) is 105 cm³/mol. The lowest BCUT2D eigenvalue weighted by atomic mass is 9.70. The van der Waals surface area contributed by atoms with Crippen molar-refractivity contribution in [1.82, 2.24) is 0 Å². The molecular formula is C21H28N2O6. The van der Waals surface area contributed by atoms with Gasteiger partial charge in [0, 0.05) is 11.1 Å². The summed E-state index contributed by atoms with van der Waals surface area (Å²) in [5, 5.41) is 8.95. The Morgan fingerprint density at radius 3 is 2.48 bits per heavy atom. The van der Waals surface area contributed by atoms with Gasteiger partial charge in [0.2, 0.25) is 5.91 Å². The van der Waals surface area contributed by atoms with E-state index in [-0.39, 0.29) is 18.1 Å². The van der Waals surface area contributed by atoms with Crippen molar-refractivity contribution in [2.24, 2.45) is 11.1 Å². The lowest BCUT2D eigenvalue weighted by molar-refractivity contribution is -0.161. The maximum absolute atomic E-state index is 12.8. The summed E-state index contributed by atoms with van der Waals surface area (Å²) < 4.78 is 11.9. The van der Waals surface area contributed by atoms with Crippen LogP contribution < -0.4 is 10.6 Å². The monoisotopic (exact) mass is 404 g/mol. The summed E-state index contributed by atoms with van der Waals surface area (Å²) in [5.74, 6) is -2.42. The molecule has 2 bridgehead atoms. The van der Waals surface area contributed by atoms with Gasteiger partial charge in [0.1, 0.15) is 18.2 Å². The van der Waals surface area contributed by atoms with Crippen molar-refractivity contribution < 1.29 is 29.0 Å². The number of para-hydroxylation sites is 1. The quantitative estimate of drug-likeness (QED) is 0.664. The number of rotatable bonds is 7. The number of hydrogen-bond donors (Lipinski definition) is 2. The minimum atomic E-state index is -1.26. The van der Waals surface area contributed by atoms with Crippen LogP contribution in [0.4, 0.5) is 5.69 Å². The number of carbonyl (C=O) groups excluding carboxylic acids is 2. The van der Waals surface area contributed by atoms with Crippen LogP contribution in [0, 0.1) is 5.41 Å². The SMILES string of the molecule is CC12CCC(O1)C(C)(C)C2OC(=O)CN(C(=O)[C@@H](N)CC(=O)O)c1ccccc1. The van der Waals surface area contributed by atoms with Crippen LogP contribution in [-0.2, 0) is 23.9 Å². The summed E-state index contributed by atoms with van der Waals surface area (Å²) in [4.78, 5) is 37.7. The van der Waals surface area contributed by atoms with Crippen molar-refractivity contribution >= 4 is 23.5 Å². The molecule has 158 valence electrons. The van der Waals surface area contributed by atoms with Crippen LogP contribution in [0.5, 0.6) is 0 Å². The summed E-state index contributed by atoms with van der Waals surface area (Å²) in [6, 6.07) is 7.27. The molecular weight excluding hydrogens is 376 g/mol. The molecule has 2 aliphatic rings. The van der Waals surface area contributed by atoms with Crippen LogP contribution in [0.1, 0.15) is 40.0 Å². The van der Waals surface area contributed by atoms with Crippen LogP contribution >= 0.6 is 0 Å². The highest BCUT2D eigenvalue weighted by Gasteiger charge is 2.63. The van der Waals surface area contributed by atoms with Crippen molar-refractivity contribution in [1.29, 1.82) is 0 Å². The molecule has 3 N–H and O–H groups in total. The average Bonchev–Trinajstić information content (AvgIpc) is 3.14. The third-order valence-electron chi connectivity index (χ3n) is 5.96. The molecule has 8 heteroatoms. The van der Waals surface area contributed by atoms with Crippen molar-refractivity contribution in [2.75, 3.05) is 11.4 Å². The molecule has 0 saturated carbocycles. The number of nitrogens with two attached hydrogens (primary N) is 1. The van der Waals surface area contributed by atoms with Gasteiger partial charge in [-0.2, -0.15) is 0 Å². The van der Waals surface area contributed by atoms with Gasteiger partial charge >= 0.3 is 11.9 Å². The first kappa shape index (κ1) is 21.3. The standard InChI is InChI=1S/C21H28N2O6/c1-20(2)15-9-10-21(3,29-15)19(20)28-17(26)12-23(13-7-5-4-6-8-13)18(27)14(22)11-16(24)25/h4-8,14-15,19H,9-12,22H2,1-3H3,(H,24,25)/t14-,15?,19?,21?/m0/s1. The molecule has 2 saturated heterocycles. The highest BCUT2D eigenvalue weighted by molar-refractivity contribution is 6.01. The van der Waals surface area contributed by atoms with Crippen molar-refractivity contribution in [3.63, 3.8) is 0 Å². The van der Waals surface area contributed by atoms with E-state index in [4.69, 9.17) is 20.3 Å². The Morgan fingerprint density at radius 1 is 1.28 bits per heavy atom. The molecule has 2 aliphatic heterocycles. The van der Waals surface area contributed by atoms with Gasteiger partial charge in [0.05, 0.1) is 18.6 Å². The van der Waals surface area contributed by atoms with Crippen molar-refractivity contribution in [2.45, 2.75) is 63.9 Å². The Bertz CT molecular complexity index is 791. The van der Waals surface area contributed by atoms with Crippen LogP contribution in [-0.4, -0.2) is 53.3 Å². The third-order valence-corrected chi connectivity index (χ3v) is 5.96. The summed E-state index contributed by atoms with van der Waals surface area (Å²) in [6.07, 6.45) is 0.809. The number of esters is 1. The average molecular weight is 404 g/mol.